The molecule has 2 heteroatoms. The van der Waals surface area contributed by atoms with Gasteiger partial charge in [0.2, 0.25) is 0 Å². The van der Waals surface area contributed by atoms with E-state index in [2.05, 4.69) is 29.3 Å². The van der Waals surface area contributed by atoms with Crippen molar-refractivity contribution in [1.29, 1.82) is 0 Å². The Morgan fingerprint density at radius 3 is 2.47 bits per heavy atom. The molecule has 1 aliphatic carbocycles. The molecule has 1 fully saturated rings. The van der Waals surface area contributed by atoms with Crippen molar-refractivity contribution in [3.8, 4) is 0 Å². The maximum atomic E-state index is 9.89. The fourth-order valence-electron chi connectivity index (χ4n) is 3.42. The largest absolute Gasteiger partial charge is 0.372 e. The molecule has 0 aromatic heterocycles. The first-order valence-corrected chi connectivity index (χ1v) is 6.62. The van der Waals surface area contributed by atoms with Crippen LogP contribution in [0, 0.1) is 5.41 Å². The Balaban J connectivity index is 1.98. The summed E-state index contributed by atoms with van der Waals surface area (Å²) < 4.78 is 0. The molecule has 1 unspecified atom stereocenters. The highest BCUT2D eigenvalue weighted by Gasteiger charge is 2.43. The van der Waals surface area contributed by atoms with Crippen LogP contribution < -0.4 is 0 Å². The fourth-order valence-corrected chi connectivity index (χ4v) is 3.42. The van der Waals surface area contributed by atoms with Gasteiger partial charge in [-0.1, -0.05) is 49.6 Å². The first-order chi connectivity index (χ1) is 8.30. The van der Waals surface area contributed by atoms with Crippen molar-refractivity contribution >= 4 is 5.71 Å². The average Bonchev–Trinajstić information content (AvgIpc) is 2.68. The summed E-state index contributed by atoms with van der Waals surface area (Å²) in [6, 6.07) is 10.4. The van der Waals surface area contributed by atoms with E-state index in [0.29, 0.717) is 0 Å². The molecule has 0 bridgehead atoms. The molecule has 1 aromatic rings. The second-order valence-corrected chi connectivity index (χ2v) is 5.37. The Morgan fingerprint density at radius 1 is 1.06 bits per heavy atom. The number of aliphatic imine (C=N–C) groups is 1. The van der Waals surface area contributed by atoms with E-state index in [4.69, 9.17) is 0 Å². The van der Waals surface area contributed by atoms with Crippen LogP contribution in [0.25, 0.3) is 0 Å². The molecule has 1 aliphatic heterocycles. The smallest absolute Gasteiger partial charge is 0.146 e. The van der Waals surface area contributed by atoms with Gasteiger partial charge in [-0.2, -0.15) is 0 Å². The molecule has 0 saturated heterocycles. The minimum Gasteiger partial charge on any atom is -0.372 e. The van der Waals surface area contributed by atoms with Gasteiger partial charge in [0.05, 0.1) is 5.71 Å². The number of hydrogen-bond acceptors (Lipinski definition) is 2. The van der Waals surface area contributed by atoms with Crippen molar-refractivity contribution in [2.24, 2.45) is 10.4 Å². The quantitative estimate of drug-likeness (QED) is 0.788. The van der Waals surface area contributed by atoms with E-state index in [1.807, 2.05) is 6.07 Å². The lowest BCUT2D eigenvalue weighted by molar-refractivity contribution is 0.137. The maximum absolute atomic E-state index is 9.89. The minimum atomic E-state index is -0.483. The zero-order chi connectivity index (χ0) is 11.7. The Hall–Kier alpha value is -1.15. The molecule has 17 heavy (non-hydrogen) atoms. The van der Waals surface area contributed by atoms with E-state index in [0.717, 1.165) is 12.1 Å². The third-order valence-electron chi connectivity index (χ3n) is 4.21. The molecule has 1 atom stereocenters. The number of benzene rings is 1. The zero-order valence-corrected chi connectivity index (χ0v) is 10.1. The molecule has 2 aliphatic rings. The van der Waals surface area contributed by atoms with Gasteiger partial charge in [-0.05, 0) is 18.4 Å². The van der Waals surface area contributed by atoms with E-state index in [-0.39, 0.29) is 5.41 Å². The van der Waals surface area contributed by atoms with Gasteiger partial charge in [0, 0.05) is 11.8 Å². The number of rotatable bonds is 1. The van der Waals surface area contributed by atoms with Crippen LogP contribution in [0.15, 0.2) is 35.3 Å². The lowest BCUT2D eigenvalue weighted by Crippen LogP contribution is -2.31. The van der Waals surface area contributed by atoms with Crippen molar-refractivity contribution in [2.75, 3.05) is 0 Å². The Morgan fingerprint density at radius 2 is 1.76 bits per heavy atom. The highest BCUT2D eigenvalue weighted by molar-refractivity contribution is 6.06. The summed E-state index contributed by atoms with van der Waals surface area (Å²) in [5.41, 5.74) is 2.52. The van der Waals surface area contributed by atoms with E-state index in [1.165, 1.54) is 37.7 Å². The van der Waals surface area contributed by atoms with E-state index in [9.17, 15) is 5.11 Å². The van der Waals surface area contributed by atoms with Crippen LogP contribution in [0.4, 0.5) is 0 Å². The molecule has 3 rings (SSSR count). The highest BCUT2D eigenvalue weighted by atomic mass is 16.3. The molecular formula is C15H19NO. The third-order valence-corrected chi connectivity index (χ3v) is 4.21. The molecule has 90 valence electrons. The summed E-state index contributed by atoms with van der Waals surface area (Å²) in [5.74, 6) is 0. The van der Waals surface area contributed by atoms with Crippen LogP contribution in [0.3, 0.4) is 0 Å². The van der Waals surface area contributed by atoms with Crippen LogP contribution in [-0.2, 0) is 0 Å². The number of hydrogen-bond donors (Lipinski definition) is 1. The predicted molar refractivity (Wildman–Crippen MR) is 69.1 cm³/mol. The molecular weight excluding hydrogens is 210 g/mol. The van der Waals surface area contributed by atoms with E-state index >= 15 is 0 Å². The van der Waals surface area contributed by atoms with Crippen LogP contribution >= 0.6 is 0 Å². The Labute approximate surface area is 102 Å². The Bertz CT molecular complexity index is 418. The van der Waals surface area contributed by atoms with Gasteiger partial charge in [-0.25, -0.2) is 0 Å². The van der Waals surface area contributed by atoms with Gasteiger partial charge in [-0.3, -0.25) is 4.99 Å². The normalized spacial score (nSPS) is 27.1. The van der Waals surface area contributed by atoms with Crippen molar-refractivity contribution < 1.29 is 5.11 Å². The average molecular weight is 229 g/mol. The second-order valence-electron chi connectivity index (χ2n) is 5.37. The second kappa shape index (κ2) is 4.26. The van der Waals surface area contributed by atoms with Gasteiger partial charge < -0.3 is 5.11 Å². The zero-order valence-electron chi connectivity index (χ0n) is 10.1. The summed E-state index contributed by atoms with van der Waals surface area (Å²) >= 11 is 0. The highest BCUT2D eigenvalue weighted by Crippen LogP contribution is 2.46. The van der Waals surface area contributed by atoms with Crippen molar-refractivity contribution in [3.05, 3.63) is 35.9 Å². The first-order valence-electron chi connectivity index (χ1n) is 6.62. The van der Waals surface area contributed by atoms with E-state index in [1.54, 1.807) is 0 Å². The van der Waals surface area contributed by atoms with Gasteiger partial charge >= 0.3 is 0 Å². The lowest BCUT2D eigenvalue weighted by Gasteiger charge is -2.34. The summed E-state index contributed by atoms with van der Waals surface area (Å²) in [5, 5.41) is 9.89. The molecule has 2 nitrogen and oxygen atoms in total. The van der Waals surface area contributed by atoms with Crippen LogP contribution in [-0.4, -0.2) is 17.0 Å². The first kappa shape index (κ1) is 11.0. The number of aliphatic hydroxyl groups is 1. The van der Waals surface area contributed by atoms with Gasteiger partial charge in [0.15, 0.2) is 0 Å². The summed E-state index contributed by atoms with van der Waals surface area (Å²) in [6.07, 6.45) is 6.62. The molecule has 1 saturated carbocycles. The van der Waals surface area contributed by atoms with Crippen molar-refractivity contribution in [2.45, 2.75) is 44.8 Å². The molecule has 1 spiro atoms. The molecule has 1 aromatic carbocycles. The maximum Gasteiger partial charge on any atom is 0.146 e. The lowest BCUT2D eigenvalue weighted by atomic mass is 9.68. The van der Waals surface area contributed by atoms with Crippen molar-refractivity contribution in [1.82, 2.24) is 0 Å². The molecule has 1 N–H and O–H groups in total. The number of nitrogens with zero attached hydrogens (tertiary/aromatic N) is 1. The number of aliphatic hydroxyl groups excluding tert-OH is 1. The SMILES string of the molecule is OC1CC2(CCCCC2)C(c2ccccc2)=N1. The topological polar surface area (TPSA) is 32.6 Å². The summed E-state index contributed by atoms with van der Waals surface area (Å²) in [6.45, 7) is 0. The van der Waals surface area contributed by atoms with Crippen LogP contribution in [0.2, 0.25) is 0 Å². The fraction of sp³-hybridized carbons (Fsp3) is 0.533. The van der Waals surface area contributed by atoms with Gasteiger partial charge in [-0.15, -0.1) is 0 Å². The van der Waals surface area contributed by atoms with Crippen LogP contribution in [0.1, 0.15) is 44.1 Å². The van der Waals surface area contributed by atoms with E-state index < -0.39 is 6.23 Å². The Kier molecular flexibility index (Phi) is 2.75. The van der Waals surface area contributed by atoms with Gasteiger partial charge in [0.25, 0.3) is 0 Å². The predicted octanol–water partition coefficient (Wildman–Crippen LogP) is 3.15. The van der Waals surface area contributed by atoms with Crippen LogP contribution in [0.5, 0.6) is 0 Å². The molecule has 0 radical (unpaired) electrons. The third kappa shape index (κ3) is 1.91. The van der Waals surface area contributed by atoms with Gasteiger partial charge in [0.1, 0.15) is 6.23 Å². The van der Waals surface area contributed by atoms with Crippen molar-refractivity contribution in [3.63, 3.8) is 0 Å². The summed E-state index contributed by atoms with van der Waals surface area (Å²) in [7, 11) is 0. The molecule has 1 heterocycles. The monoisotopic (exact) mass is 229 g/mol. The minimum absolute atomic E-state index is 0.166. The molecule has 0 amide bonds. The standard InChI is InChI=1S/C15H19NO/c17-13-11-15(9-5-2-6-10-15)14(16-13)12-7-3-1-4-8-12/h1,3-4,7-8,13,17H,2,5-6,9-11H2. The summed E-state index contributed by atoms with van der Waals surface area (Å²) in [4.78, 5) is 4.51.